The molecule has 9 heteroatoms. The number of anilines is 1. The van der Waals surface area contributed by atoms with Crippen LogP contribution in [0.1, 0.15) is 17.7 Å². The van der Waals surface area contributed by atoms with Crippen molar-refractivity contribution in [2.75, 3.05) is 38.0 Å². The zero-order valence-corrected chi connectivity index (χ0v) is 19.3. The van der Waals surface area contributed by atoms with Crippen molar-refractivity contribution >= 4 is 33.2 Å². The first-order valence-electron chi connectivity index (χ1n) is 10.4. The number of amides is 1. The molecule has 2 fully saturated rings. The third-order valence-corrected chi connectivity index (χ3v) is 8.59. The van der Waals surface area contributed by atoms with Gasteiger partial charge in [0.1, 0.15) is 4.90 Å². The predicted octanol–water partition coefficient (Wildman–Crippen LogP) is 2.93. The third-order valence-electron chi connectivity index (χ3n) is 6.22. The normalized spacial score (nSPS) is 21.9. The first-order chi connectivity index (χ1) is 14.7. The van der Waals surface area contributed by atoms with Crippen LogP contribution in [0.15, 0.2) is 41.4 Å². The molecule has 2 unspecified atom stereocenters. The minimum Gasteiger partial charge on any atom is -0.326 e. The summed E-state index contributed by atoms with van der Waals surface area (Å²) in [6.07, 6.45) is 2.00. The van der Waals surface area contributed by atoms with Crippen molar-refractivity contribution in [3.05, 3.63) is 52.8 Å². The lowest BCUT2D eigenvalue weighted by molar-refractivity contribution is -0.116. The summed E-state index contributed by atoms with van der Waals surface area (Å²) in [7, 11) is -3.52. The van der Waals surface area contributed by atoms with Crippen LogP contribution in [-0.2, 0) is 14.8 Å². The number of benzene rings is 1. The van der Waals surface area contributed by atoms with Gasteiger partial charge in [0.05, 0.1) is 5.69 Å². The summed E-state index contributed by atoms with van der Waals surface area (Å²) in [5.74, 6) is 0.546. The summed E-state index contributed by atoms with van der Waals surface area (Å²) < 4.78 is 27.6. The van der Waals surface area contributed by atoms with Gasteiger partial charge in [0.25, 0.3) is 0 Å². The highest BCUT2D eigenvalue weighted by Crippen LogP contribution is 2.34. The molecule has 166 valence electrons. The molecule has 0 spiro atoms. The van der Waals surface area contributed by atoms with E-state index in [1.807, 2.05) is 19.1 Å². The highest BCUT2D eigenvalue weighted by molar-refractivity contribution is 7.89. The molecule has 1 aromatic carbocycles. The predicted molar refractivity (Wildman–Crippen MR) is 121 cm³/mol. The van der Waals surface area contributed by atoms with Gasteiger partial charge in [0.15, 0.2) is 0 Å². The second-order valence-electron chi connectivity index (χ2n) is 8.45. The summed E-state index contributed by atoms with van der Waals surface area (Å²) in [5.41, 5.74) is 2.20. The van der Waals surface area contributed by atoms with Crippen molar-refractivity contribution in [1.82, 2.24) is 14.2 Å². The van der Waals surface area contributed by atoms with Crippen LogP contribution in [0.4, 0.5) is 5.69 Å². The molecule has 2 aliphatic rings. The first-order valence-corrected chi connectivity index (χ1v) is 12.3. The number of likely N-dealkylation sites (tertiary alicyclic amines) is 1. The minimum atomic E-state index is -3.52. The third kappa shape index (κ3) is 4.77. The monoisotopic (exact) mass is 462 g/mol. The smallest absolute Gasteiger partial charge is 0.244 e. The molecule has 2 saturated heterocycles. The lowest BCUT2D eigenvalue weighted by Gasteiger charge is -2.21. The van der Waals surface area contributed by atoms with Gasteiger partial charge in [0, 0.05) is 56.1 Å². The van der Waals surface area contributed by atoms with Crippen molar-refractivity contribution in [2.24, 2.45) is 11.8 Å². The summed E-state index contributed by atoms with van der Waals surface area (Å²) in [6, 6.07) is 8.77. The van der Waals surface area contributed by atoms with E-state index in [1.54, 1.807) is 35.6 Å². The number of aromatic nitrogens is 1. The Kier molecular flexibility index (Phi) is 6.35. The van der Waals surface area contributed by atoms with Crippen LogP contribution in [0.5, 0.6) is 0 Å². The highest BCUT2D eigenvalue weighted by atomic mass is 35.5. The first kappa shape index (κ1) is 22.2. The van der Waals surface area contributed by atoms with Gasteiger partial charge in [-0.1, -0.05) is 17.7 Å². The minimum absolute atomic E-state index is 0.0479. The van der Waals surface area contributed by atoms with E-state index < -0.39 is 10.0 Å². The Morgan fingerprint density at radius 1 is 1.16 bits per heavy atom. The summed E-state index contributed by atoms with van der Waals surface area (Å²) in [4.78, 5) is 19.0. The van der Waals surface area contributed by atoms with Gasteiger partial charge in [-0.25, -0.2) is 8.42 Å². The molecule has 4 rings (SSSR count). The Morgan fingerprint density at radius 2 is 1.87 bits per heavy atom. The van der Waals surface area contributed by atoms with Crippen molar-refractivity contribution < 1.29 is 13.2 Å². The van der Waals surface area contributed by atoms with Crippen LogP contribution in [0.2, 0.25) is 5.02 Å². The van der Waals surface area contributed by atoms with Gasteiger partial charge < -0.3 is 10.2 Å². The largest absolute Gasteiger partial charge is 0.326 e. The van der Waals surface area contributed by atoms with Crippen LogP contribution < -0.4 is 5.32 Å². The van der Waals surface area contributed by atoms with Gasteiger partial charge in [-0.2, -0.15) is 4.31 Å². The summed E-state index contributed by atoms with van der Waals surface area (Å²) in [6.45, 7) is 6.97. The molecule has 2 atom stereocenters. The number of halogens is 1. The van der Waals surface area contributed by atoms with E-state index >= 15 is 0 Å². The number of aryl methyl sites for hydroxylation is 2. The fourth-order valence-electron chi connectivity index (χ4n) is 4.46. The van der Waals surface area contributed by atoms with E-state index in [2.05, 4.69) is 15.2 Å². The molecule has 0 saturated carbocycles. The number of carbonyl (C=O) groups is 1. The number of fused-ring (bicyclic) bond motifs is 1. The Labute approximate surface area is 188 Å². The van der Waals surface area contributed by atoms with Crippen LogP contribution in [0.25, 0.3) is 0 Å². The SMILES string of the molecule is Cc1ccc(NC(=O)CCN2CC3CN(S(=O)(=O)c4cccnc4C)CC3C2)cc1Cl. The average Bonchev–Trinajstić information content (AvgIpc) is 3.29. The maximum atomic E-state index is 13.0. The van der Waals surface area contributed by atoms with Crippen molar-refractivity contribution in [1.29, 1.82) is 0 Å². The molecule has 2 aromatic rings. The van der Waals surface area contributed by atoms with Crippen LogP contribution in [0, 0.1) is 25.7 Å². The second kappa shape index (κ2) is 8.86. The lowest BCUT2D eigenvalue weighted by Crippen LogP contribution is -2.34. The molecule has 0 aliphatic carbocycles. The van der Waals surface area contributed by atoms with E-state index in [0.717, 1.165) is 18.7 Å². The van der Waals surface area contributed by atoms with Crippen molar-refractivity contribution in [3.63, 3.8) is 0 Å². The number of rotatable bonds is 6. The number of nitrogens with one attached hydrogen (secondary N) is 1. The van der Waals surface area contributed by atoms with Gasteiger partial charge in [0.2, 0.25) is 15.9 Å². The van der Waals surface area contributed by atoms with Gasteiger partial charge in [-0.15, -0.1) is 0 Å². The molecule has 7 nitrogen and oxygen atoms in total. The quantitative estimate of drug-likeness (QED) is 0.713. The highest BCUT2D eigenvalue weighted by Gasteiger charge is 2.44. The Morgan fingerprint density at radius 3 is 2.52 bits per heavy atom. The fraction of sp³-hybridized carbons (Fsp3) is 0.455. The standard InChI is InChI=1S/C22H27ClN4O3S/c1-15-5-6-19(10-20(15)23)25-22(28)7-9-26-11-17-13-27(14-18(17)12-26)31(29,30)21-4-3-8-24-16(21)2/h3-6,8,10,17-18H,7,9,11-14H2,1-2H3,(H,25,28). The Hall–Kier alpha value is -2.00. The number of carbonyl (C=O) groups excluding carboxylic acids is 1. The second-order valence-corrected chi connectivity index (χ2v) is 10.8. The van der Waals surface area contributed by atoms with Crippen LogP contribution >= 0.6 is 11.6 Å². The summed E-state index contributed by atoms with van der Waals surface area (Å²) in [5, 5.41) is 3.52. The topological polar surface area (TPSA) is 82.6 Å². The Bertz CT molecular complexity index is 1080. The molecule has 1 aromatic heterocycles. The molecule has 0 bridgehead atoms. The average molecular weight is 463 g/mol. The van der Waals surface area contributed by atoms with Crippen LogP contribution in [0.3, 0.4) is 0 Å². The van der Waals surface area contributed by atoms with E-state index in [-0.39, 0.29) is 5.91 Å². The van der Waals surface area contributed by atoms with Gasteiger partial charge in [-0.05, 0) is 55.5 Å². The molecular formula is C22H27ClN4O3S. The lowest BCUT2D eigenvalue weighted by atomic mass is 10.0. The van der Waals surface area contributed by atoms with Crippen molar-refractivity contribution in [3.8, 4) is 0 Å². The fourth-order valence-corrected chi connectivity index (χ4v) is 6.37. The summed E-state index contributed by atoms with van der Waals surface area (Å²) >= 11 is 6.11. The molecular weight excluding hydrogens is 436 g/mol. The van der Waals surface area contributed by atoms with E-state index in [1.165, 1.54) is 0 Å². The number of sulfonamides is 1. The maximum Gasteiger partial charge on any atom is 0.244 e. The van der Waals surface area contributed by atoms with E-state index in [0.29, 0.717) is 59.2 Å². The van der Waals surface area contributed by atoms with Gasteiger partial charge in [-0.3, -0.25) is 9.78 Å². The molecule has 1 N–H and O–H groups in total. The Balaban J connectivity index is 1.28. The molecule has 1 amide bonds. The van der Waals surface area contributed by atoms with Crippen LogP contribution in [-0.4, -0.2) is 61.2 Å². The molecule has 31 heavy (non-hydrogen) atoms. The number of hydrogen-bond acceptors (Lipinski definition) is 5. The number of nitrogens with zero attached hydrogens (tertiary/aromatic N) is 3. The molecule has 0 radical (unpaired) electrons. The molecule has 3 heterocycles. The molecule has 2 aliphatic heterocycles. The van der Waals surface area contributed by atoms with Gasteiger partial charge >= 0.3 is 0 Å². The zero-order valence-electron chi connectivity index (χ0n) is 17.7. The van der Waals surface area contributed by atoms with Crippen molar-refractivity contribution in [2.45, 2.75) is 25.2 Å². The maximum absolute atomic E-state index is 13.0. The zero-order chi connectivity index (χ0) is 22.2. The van der Waals surface area contributed by atoms with E-state index in [4.69, 9.17) is 11.6 Å². The number of pyridine rings is 1. The van der Waals surface area contributed by atoms with E-state index in [9.17, 15) is 13.2 Å². The number of hydrogen-bond donors (Lipinski definition) is 1.